The molecule has 0 fully saturated rings. The van der Waals surface area contributed by atoms with E-state index in [-0.39, 0.29) is 11.8 Å². The van der Waals surface area contributed by atoms with Gasteiger partial charge in [0.2, 0.25) is 5.91 Å². The lowest BCUT2D eigenvalue weighted by molar-refractivity contribution is -0.119. The summed E-state index contributed by atoms with van der Waals surface area (Å²) >= 11 is 3.33. The molecule has 0 aliphatic rings. The van der Waals surface area contributed by atoms with Gasteiger partial charge in [0.25, 0.3) is 0 Å². The molecule has 0 aliphatic heterocycles. The second-order valence-electron chi connectivity index (χ2n) is 4.50. The van der Waals surface area contributed by atoms with Gasteiger partial charge in [-0.1, -0.05) is 6.92 Å². The number of amides is 1. The second-order valence-corrected chi connectivity index (χ2v) is 5.42. The lowest BCUT2D eigenvalue weighted by Gasteiger charge is -2.12. The van der Waals surface area contributed by atoms with Crippen LogP contribution in [0.25, 0.3) is 0 Å². The van der Waals surface area contributed by atoms with Crippen molar-refractivity contribution < 1.29 is 9.53 Å². The summed E-state index contributed by atoms with van der Waals surface area (Å²) in [5, 5.41) is 7.01. The standard InChI is InChI=1S/C14H16BrN3O2/c1-10(8-18-9-11(15)7-16-18)14(19)17-12-3-5-13(20-2)6-4-12/h3-7,9-10H,8H2,1-2H3,(H,17,19)/t10-/m1/s1. The predicted octanol–water partition coefficient (Wildman–Crippen LogP) is 2.93. The lowest BCUT2D eigenvalue weighted by Crippen LogP contribution is -2.24. The van der Waals surface area contributed by atoms with E-state index in [0.717, 1.165) is 15.9 Å². The molecule has 0 aliphatic carbocycles. The van der Waals surface area contributed by atoms with Crippen molar-refractivity contribution in [2.24, 2.45) is 5.92 Å². The second kappa shape index (κ2) is 6.56. The van der Waals surface area contributed by atoms with Crippen LogP contribution in [0.4, 0.5) is 5.69 Å². The third-order valence-corrected chi connectivity index (χ3v) is 3.28. The van der Waals surface area contributed by atoms with E-state index in [4.69, 9.17) is 4.74 Å². The van der Waals surface area contributed by atoms with Gasteiger partial charge < -0.3 is 10.1 Å². The van der Waals surface area contributed by atoms with Gasteiger partial charge in [-0.3, -0.25) is 9.48 Å². The van der Waals surface area contributed by atoms with Crippen LogP contribution >= 0.6 is 15.9 Å². The van der Waals surface area contributed by atoms with Crippen LogP contribution in [-0.2, 0) is 11.3 Å². The van der Waals surface area contributed by atoms with Gasteiger partial charge in [0.05, 0.1) is 30.2 Å². The van der Waals surface area contributed by atoms with Gasteiger partial charge in [-0.25, -0.2) is 0 Å². The number of carbonyl (C=O) groups excluding carboxylic acids is 1. The van der Waals surface area contributed by atoms with E-state index < -0.39 is 0 Å². The first-order valence-corrected chi connectivity index (χ1v) is 7.00. The fourth-order valence-electron chi connectivity index (χ4n) is 1.74. The topological polar surface area (TPSA) is 56.1 Å². The maximum absolute atomic E-state index is 12.1. The average molecular weight is 338 g/mol. The van der Waals surface area contributed by atoms with Crippen molar-refractivity contribution in [3.8, 4) is 5.75 Å². The molecule has 1 aromatic heterocycles. The summed E-state index contributed by atoms with van der Waals surface area (Å²) in [5.74, 6) is 0.545. The molecule has 0 unspecified atom stereocenters. The van der Waals surface area contributed by atoms with Crippen LogP contribution in [0.1, 0.15) is 6.92 Å². The Hall–Kier alpha value is -1.82. The third kappa shape index (κ3) is 3.84. The number of anilines is 1. The lowest BCUT2D eigenvalue weighted by atomic mass is 10.1. The van der Waals surface area contributed by atoms with Crippen LogP contribution in [0.3, 0.4) is 0 Å². The Bertz CT molecular complexity index is 580. The number of aromatic nitrogens is 2. The van der Waals surface area contributed by atoms with Crippen LogP contribution < -0.4 is 10.1 Å². The zero-order valence-corrected chi connectivity index (χ0v) is 12.9. The highest BCUT2D eigenvalue weighted by molar-refractivity contribution is 9.10. The quantitative estimate of drug-likeness (QED) is 0.912. The van der Waals surface area contributed by atoms with E-state index >= 15 is 0 Å². The van der Waals surface area contributed by atoms with E-state index in [1.807, 2.05) is 37.4 Å². The summed E-state index contributed by atoms with van der Waals surface area (Å²) < 4.78 is 7.72. The molecular formula is C14H16BrN3O2. The SMILES string of the molecule is COc1ccc(NC(=O)[C@H](C)Cn2cc(Br)cn2)cc1. The smallest absolute Gasteiger partial charge is 0.229 e. The number of carbonyl (C=O) groups is 1. The molecule has 1 atom stereocenters. The fraction of sp³-hybridized carbons (Fsp3) is 0.286. The third-order valence-electron chi connectivity index (χ3n) is 2.87. The van der Waals surface area contributed by atoms with Crippen LogP contribution in [0.2, 0.25) is 0 Å². The predicted molar refractivity (Wildman–Crippen MR) is 80.7 cm³/mol. The van der Waals surface area contributed by atoms with Gasteiger partial charge in [-0.15, -0.1) is 0 Å². The van der Waals surface area contributed by atoms with Gasteiger partial charge in [-0.2, -0.15) is 5.10 Å². The number of ether oxygens (including phenoxy) is 1. The Labute approximate surface area is 126 Å². The molecule has 6 heteroatoms. The first kappa shape index (κ1) is 14.6. The molecule has 1 amide bonds. The first-order chi connectivity index (χ1) is 9.58. The molecule has 2 rings (SSSR count). The molecule has 0 spiro atoms. The molecule has 1 heterocycles. The van der Waals surface area contributed by atoms with Crippen LogP contribution in [0, 0.1) is 5.92 Å². The van der Waals surface area contributed by atoms with Gasteiger partial charge in [0, 0.05) is 11.9 Å². The minimum atomic E-state index is -0.177. The summed E-state index contributed by atoms with van der Waals surface area (Å²) in [6, 6.07) is 7.25. The van der Waals surface area contributed by atoms with E-state index in [1.165, 1.54) is 0 Å². The number of methoxy groups -OCH3 is 1. The molecule has 5 nitrogen and oxygen atoms in total. The molecule has 106 valence electrons. The van der Waals surface area contributed by atoms with Crippen molar-refractivity contribution >= 4 is 27.5 Å². The van der Waals surface area contributed by atoms with Gasteiger partial charge in [0.15, 0.2) is 0 Å². The van der Waals surface area contributed by atoms with Gasteiger partial charge in [0.1, 0.15) is 5.75 Å². The summed E-state index contributed by atoms with van der Waals surface area (Å²) in [6.07, 6.45) is 3.55. The molecule has 1 aromatic carbocycles. The summed E-state index contributed by atoms with van der Waals surface area (Å²) in [6.45, 7) is 2.40. The first-order valence-electron chi connectivity index (χ1n) is 6.21. The van der Waals surface area contributed by atoms with E-state index in [1.54, 1.807) is 18.0 Å². The highest BCUT2D eigenvalue weighted by Gasteiger charge is 2.14. The van der Waals surface area contributed by atoms with E-state index in [9.17, 15) is 4.79 Å². The maximum Gasteiger partial charge on any atom is 0.229 e. The van der Waals surface area contributed by atoms with Crippen LogP contribution in [-0.4, -0.2) is 22.8 Å². The van der Waals surface area contributed by atoms with Crippen LogP contribution in [0.15, 0.2) is 41.1 Å². The molecular weight excluding hydrogens is 322 g/mol. The maximum atomic E-state index is 12.1. The summed E-state index contributed by atoms with van der Waals surface area (Å²) in [7, 11) is 1.61. The number of benzene rings is 1. The van der Waals surface area contributed by atoms with Crippen molar-refractivity contribution in [2.45, 2.75) is 13.5 Å². The monoisotopic (exact) mass is 337 g/mol. The normalized spacial score (nSPS) is 11.9. The molecule has 2 aromatic rings. The van der Waals surface area contributed by atoms with Crippen LogP contribution in [0.5, 0.6) is 5.75 Å². The molecule has 0 saturated heterocycles. The summed E-state index contributed by atoms with van der Waals surface area (Å²) in [5.41, 5.74) is 0.754. The number of halogens is 1. The molecule has 1 N–H and O–H groups in total. The largest absolute Gasteiger partial charge is 0.497 e. The van der Waals surface area contributed by atoms with Crippen molar-refractivity contribution in [3.05, 3.63) is 41.1 Å². The Morgan fingerprint density at radius 2 is 2.15 bits per heavy atom. The van der Waals surface area contributed by atoms with E-state index in [0.29, 0.717) is 6.54 Å². The summed E-state index contributed by atoms with van der Waals surface area (Å²) in [4.78, 5) is 12.1. The van der Waals surface area contributed by atoms with Gasteiger partial charge >= 0.3 is 0 Å². The number of rotatable bonds is 5. The average Bonchev–Trinajstić information content (AvgIpc) is 2.85. The number of hydrogen-bond donors (Lipinski definition) is 1. The Morgan fingerprint density at radius 3 is 2.70 bits per heavy atom. The van der Waals surface area contributed by atoms with Crippen molar-refractivity contribution in [1.29, 1.82) is 0 Å². The molecule has 20 heavy (non-hydrogen) atoms. The Morgan fingerprint density at radius 1 is 1.45 bits per heavy atom. The number of hydrogen-bond acceptors (Lipinski definition) is 3. The minimum absolute atomic E-state index is 0.0400. The molecule has 0 radical (unpaired) electrons. The van der Waals surface area contributed by atoms with Crippen molar-refractivity contribution in [2.75, 3.05) is 12.4 Å². The molecule has 0 saturated carbocycles. The number of nitrogens with one attached hydrogen (secondary N) is 1. The Kier molecular flexibility index (Phi) is 4.79. The van der Waals surface area contributed by atoms with Gasteiger partial charge in [-0.05, 0) is 40.2 Å². The van der Waals surface area contributed by atoms with Crippen molar-refractivity contribution in [1.82, 2.24) is 9.78 Å². The highest BCUT2D eigenvalue weighted by Crippen LogP contribution is 2.16. The zero-order chi connectivity index (χ0) is 14.5. The number of nitrogens with zero attached hydrogens (tertiary/aromatic N) is 2. The fourth-order valence-corrected chi connectivity index (χ4v) is 2.07. The molecule has 0 bridgehead atoms. The van der Waals surface area contributed by atoms with E-state index in [2.05, 4.69) is 26.3 Å². The Balaban J connectivity index is 1.93. The highest BCUT2D eigenvalue weighted by atomic mass is 79.9. The minimum Gasteiger partial charge on any atom is -0.497 e. The van der Waals surface area contributed by atoms with Crippen molar-refractivity contribution in [3.63, 3.8) is 0 Å². The zero-order valence-electron chi connectivity index (χ0n) is 11.3.